The van der Waals surface area contributed by atoms with Gasteiger partial charge in [-0.05, 0) is 43.2 Å². The molecule has 0 aromatic heterocycles. The number of thioether (sulfide) groups is 2. The Labute approximate surface area is 164 Å². The van der Waals surface area contributed by atoms with Crippen molar-refractivity contribution in [1.29, 1.82) is 0 Å². The Bertz CT molecular complexity index is 658. The Morgan fingerprint density at radius 1 is 1.12 bits per heavy atom. The molecule has 0 saturated heterocycles. The van der Waals surface area contributed by atoms with Gasteiger partial charge in [0, 0.05) is 28.0 Å². The third-order valence-corrected chi connectivity index (χ3v) is 6.35. The zero-order valence-corrected chi connectivity index (χ0v) is 17.0. The number of aryl methyl sites for hydroxylation is 1. The number of hydrogen-bond donors (Lipinski definition) is 1. The Kier molecular flexibility index (Phi) is 8.73. The van der Waals surface area contributed by atoms with Crippen LogP contribution in [0.5, 0.6) is 0 Å². The molecular formula is C20H24ClNOS2. The molecule has 0 radical (unpaired) electrons. The highest BCUT2D eigenvalue weighted by Gasteiger charge is 2.17. The fourth-order valence-electron chi connectivity index (χ4n) is 2.23. The van der Waals surface area contributed by atoms with Crippen molar-refractivity contribution in [3.05, 3.63) is 64.7 Å². The van der Waals surface area contributed by atoms with E-state index in [2.05, 4.69) is 36.5 Å². The van der Waals surface area contributed by atoms with Crippen LogP contribution in [0.3, 0.4) is 0 Å². The average molecular weight is 394 g/mol. The molecule has 0 fully saturated rings. The summed E-state index contributed by atoms with van der Waals surface area (Å²) in [6, 6.07) is 16.2. The number of carbonyl (C=O) groups excluding carboxylic acids is 1. The molecule has 25 heavy (non-hydrogen) atoms. The van der Waals surface area contributed by atoms with E-state index in [-0.39, 0.29) is 11.2 Å². The van der Waals surface area contributed by atoms with Gasteiger partial charge in [-0.15, -0.1) is 11.8 Å². The minimum absolute atomic E-state index is 0.0664. The van der Waals surface area contributed by atoms with Gasteiger partial charge >= 0.3 is 0 Å². The van der Waals surface area contributed by atoms with Crippen molar-refractivity contribution in [3.8, 4) is 0 Å². The van der Waals surface area contributed by atoms with Crippen LogP contribution in [0, 0.1) is 6.92 Å². The van der Waals surface area contributed by atoms with Crippen molar-refractivity contribution in [2.45, 2.75) is 36.2 Å². The summed E-state index contributed by atoms with van der Waals surface area (Å²) < 4.78 is 0. The van der Waals surface area contributed by atoms with Gasteiger partial charge in [-0.2, -0.15) is 11.8 Å². The van der Waals surface area contributed by atoms with Crippen LogP contribution in [0.4, 0.5) is 0 Å². The highest BCUT2D eigenvalue weighted by molar-refractivity contribution is 8.00. The van der Waals surface area contributed by atoms with Crippen LogP contribution in [-0.2, 0) is 10.5 Å². The van der Waals surface area contributed by atoms with Gasteiger partial charge in [0.25, 0.3) is 0 Å². The fraction of sp³-hybridized carbons (Fsp3) is 0.350. The normalized spacial score (nSPS) is 12.0. The molecule has 2 nitrogen and oxygen atoms in total. The zero-order valence-electron chi connectivity index (χ0n) is 14.6. The third-order valence-electron chi connectivity index (χ3n) is 3.69. The molecule has 2 rings (SSSR count). The largest absolute Gasteiger partial charge is 0.354 e. The molecule has 0 aliphatic heterocycles. The summed E-state index contributed by atoms with van der Waals surface area (Å²) in [4.78, 5) is 13.4. The summed E-state index contributed by atoms with van der Waals surface area (Å²) in [6.07, 6.45) is 0.801. The van der Waals surface area contributed by atoms with Crippen LogP contribution in [0.15, 0.2) is 53.4 Å². The first-order valence-corrected chi connectivity index (χ1v) is 10.8. The quantitative estimate of drug-likeness (QED) is 0.446. The van der Waals surface area contributed by atoms with Crippen LogP contribution < -0.4 is 5.32 Å². The van der Waals surface area contributed by atoms with Crippen molar-refractivity contribution < 1.29 is 4.79 Å². The van der Waals surface area contributed by atoms with Gasteiger partial charge in [-0.3, -0.25) is 4.79 Å². The van der Waals surface area contributed by atoms with E-state index >= 15 is 0 Å². The maximum absolute atomic E-state index is 12.3. The predicted molar refractivity (Wildman–Crippen MR) is 112 cm³/mol. The second-order valence-corrected chi connectivity index (χ2v) is 8.62. The third kappa shape index (κ3) is 7.35. The zero-order chi connectivity index (χ0) is 18.1. The number of carbonyl (C=O) groups is 1. The summed E-state index contributed by atoms with van der Waals surface area (Å²) in [7, 11) is 0. The molecule has 1 amide bonds. The van der Waals surface area contributed by atoms with Gasteiger partial charge in [0.2, 0.25) is 5.91 Å². The maximum atomic E-state index is 12.3. The van der Waals surface area contributed by atoms with Gasteiger partial charge in [0.15, 0.2) is 0 Å². The molecule has 0 bridgehead atoms. The van der Waals surface area contributed by atoms with Crippen molar-refractivity contribution >= 4 is 41.0 Å². The second-order valence-electron chi connectivity index (χ2n) is 5.80. The van der Waals surface area contributed by atoms with Gasteiger partial charge in [0.05, 0.1) is 5.25 Å². The lowest BCUT2D eigenvalue weighted by atomic mass is 10.2. The molecule has 1 N–H and O–H groups in total. The van der Waals surface area contributed by atoms with E-state index in [0.717, 1.165) is 22.8 Å². The number of benzene rings is 2. The first-order chi connectivity index (χ1) is 12.1. The van der Waals surface area contributed by atoms with Crippen LogP contribution in [0.25, 0.3) is 0 Å². The smallest absolute Gasteiger partial charge is 0.233 e. The number of rotatable bonds is 9. The predicted octanol–water partition coefficient (Wildman–Crippen LogP) is 5.57. The lowest BCUT2D eigenvalue weighted by Gasteiger charge is -2.14. The topological polar surface area (TPSA) is 29.1 Å². The molecule has 0 spiro atoms. The van der Waals surface area contributed by atoms with E-state index < -0.39 is 0 Å². The lowest BCUT2D eigenvalue weighted by molar-refractivity contribution is -0.120. The van der Waals surface area contributed by atoms with Crippen molar-refractivity contribution in [3.63, 3.8) is 0 Å². The first-order valence-electron chi connectivity index (χ1n) is 8.41. The highest BCUT2D eigenvalue weighted by atomic mass is 35.5. The van der Waals surface area contributed by atoms with Crippen molar-refractivity contribution in [2.24, 2.45) is 0 Å². The van der Waals surface area contributed by atoms with E-state index in [4.69, 9.17) is 11.6 Å². The molecule has 134 valence electrons. The number of nitrogens with one attached hydrogen (secondary N) is 1. The summed E-state index contributed by atoms with van der Waals surface area (Å²) >= 11 is 9.34. The van der Waals surface area contributed by atoms with Gasteiger partial charge in [0.1, 0.15) is 0 Å². The van der Waals surface area contributed by atoms with Crippen LogP contribution in [-0.4, -0.2) is 23.5 Å². The molecule has 1 atom stereocenters. The molecule has 0 heterocycles. The lowest BCUT2D eigenvalue weighted by Crippen LogP contribution is -2.33. The SMILES string of the molecule is CC[C@H](Sc1ccc(Cl)cc1)C(=O)NCCSCc1ccc(C)cc1. The van der Waals surface area contributed by atoms with Crippen LogP contribution >= 0.6 is 35.1 Å². The molecule has 2 aromatic rings. The maximum Gasteiger partial charge on any atom is 0.233 e. The average Bonchev–Trinajstić information content (AvgIpc) is 2.62. The minimum Gasteiger partial charge on any atom is -0.354 e. The Morgan fingerprint density at radius 3 is 2.44 bits per heavy atom. The van der Waals surface area contributed by atoms with Gasteiger partial charge in [-0.25, -0.2) is 0 Å². The standard InChI is InChI=1S/C20H24ClNOS2/c1-3-19(25-18-10-8-17(21)9-11-18)20(23)22-12-13-24-14-16-6-4-15(2)5-7-16/h4-11,19H,3,12-14H2,1-2H3,(H,22,23)/t19-/m0/s1. The van der Waals surface area contributed by atoms with E-state index in [0.29, 0.717) is 11.6 Å². The van der Waals surface area contributed by atoms with E-state index in [9.17, 15) is 4.79 Å². The van der Waals surface area contributed by atoms with E-state index in [1.165, 1.54) is 11.1 Å². The molecule has 2 aromatic carbocycles. The minimum atomic E-state index is -0.0664. The fourth-order valence-corrected chi connectivity index (χ4v) is 4.16. The molecular weight excluding hydrogens is 370 g/mol. The number of amides is 1. The van der Waals surface area contributed by atoms with Crippen LogP contribution in [0.2, 0.25) is 5.02 Å². The summed E-state index contributed by atoms with van der Waals surface area (Å²) in [5, 5.41) is 3.70. The second kappa shape index (κ2) is 10.8. The molecule has 5 heteroatoms. The molecule has 0 saturated carbocycles. The van der Waals surface area contributed by atoms with Crippen LogP contribution in [0.1, 0.15) is 24.5 Å². The Hall–Kier alpha value is -1.10. The van der Waals surface area contributed by atoms with Gasteiger partial charge in [-0.1, -0.05) is 48.4 Å². The summed E-state index contributed by atoms with van der Waals surface area (Å²) in [6.45, 7) is 4.84. The van der Waals surface area contributed by atoms with Gasteiger partial charge < -0.3 is 5.32 Å². The monoisotopic (exact) mass is 393 g/mol. The number of halogens is 1. The number of hydrogen-bond acceptors (Lipinski definition) is 3. The summed E-state index contributed by atoms with van der Waals surface area (Å²) in [5.41, 5.74) is 2.61. The molecule has 0 aliphatic rings. The Morgan fingerprint density at radius 2 is 1.80 bits per heavy atom. The highest BCUT2D eigenvalue weighted by Crippen LogP contribution is 2.26. The first kappa shape index (κ1) is 20.2. The molecule has 0 unspecified atom stereocenters. The van der Waals surface area contributed by atoms with Crippen molar-refractivity contribution in [2.75, 3.05) is 12.3 Å². The summed E-state index contributed by atoms with van der Waals surface area (Å²) in [5.74, 6) is 2.01. The Balaban J connectivity index is 1.68. The molecule has 0 aliphatic carbocycles. The van der Waals surface area contributed by atoms with E-state index in [1.807, 2.05) is 43.0 Å². The van der Waals surface area contributed by atoms with Crippen molar-refractivity contribution in [1.82, 2.24) is 5.32 Å². The van der Waals surface area contributed by atoms with E-state index in [1.54, 1.807) is 11.8 Å².